The summed E-state index contributed by atoms with van der Waals surface area (Å²) in [5, 5.41) is 0. The number of nitrogens with two attached hydrogens (primary N) is 1. The van der Waals surface area contributed by atoms with E-state index in [1.807, 2.05) is 0 Å². The van der Waals surface area contributed by atoms with Gasteiger partial charge in [0.25, 0.3) is 0 Å². The minimum atomic E-state index is 0.459. The summed E-state index contributed by atoms with van der Waals surface area (Å²) >= 11 is 0. The third-order valence-corrected chi connectivity index (χ3v) is 3.91. The Bertz CT molecular complexity index is 381. The molecule has 3 nitrogen and oxygen atoms in total. The van der Waals surface area contributed by atoms with Gasteiger partial charge in [0.2, 0.25) is 0 Å². The van der Waals surface area contributed by atoms with Crippen LogP contribution in [0.25, 0.3) is 0 Å². The molecule has 0 amide bonds. The number of piperidine rings is 1. The van der Waals surface area contributed by atoms with Crippen LogP contribution in [0.1, 0.15) is 30.0 Å². The Kier molecular flexibility index (Phi) is 4.75. The molecule has 2 N–H and O–H groups in total. The van der Waals surface area contributed by atoms with Crippen molar-refractivity contribution in [1.82, 2.24) is 4.90 Å². The Balaban J connectivity index is 2.23. The molecule has 2 unspecified atom stereocenters. The predicted molar refractivity (Wildman–Crippen MR) is 74.3 cm³/mol. The first kappa shape index (κ1) is 13.5. The zero-order valence-corrected chi connectivity index (χ0v) is 11.4. The molecular weight excluding hydrogens is 224 g/mol. The summed E-state index contributed by atoms with van der Waals surface area (Å²) in [6, 6.07) is 9.18. The first-order valence-electron chi connectivity index (χ1n) is 6.74. The Hall–Kier alpha value is -0.900. The molecule has 0 aromatic heterocycles. The topological polar surface area (TPSA) is 38.5 Å². The Morgan fingerprint density at radius 1 is 1.44 bits per heavy atom. The van der Waals surface area contributed by atoms with E-state index >= 15 is 0 Å². The van der Waals surface area contributed by atoms with Crippen molar-refractivity contribution in [3.63, 3.8) is 0 Å². The highest BCUT2D eigenvalue weighted by Crippen LogP contribution is 2.34. The van der Waals surface area contributed by atoms with Crippen molar-refractivity contribution >= 4 is 0 Å². The maximum absolute atomic E-state index is 5.94. The minimum Gasteiger partial charge on any atom is -0.380 e. The summed E-state index contributed by atoms with van der Waals surface area (Å²) in [6.07, 6.45) is 2.49. The van der Waals surface area contributed by atoms with Gasteiger partial charge in [0.05, 0.1) is 6.61 Å². The molecule has 2 rings (SSSR count). The third-order valence-electron chi connectivity index (χ3n) is 3.91. The van der Waals surface area contributed by atoms with Crippen molar-refractivity contribution in [2.24, 2.45) is 11.7 Å². The lowest BCUT2D eigenvalue weighted by Crippen LogP contribution is -2.39. The van der Waals surface area contributed by atoms with Crippen LogP contribution < -0.4 is 5.73 Å². The van der Waals surface area contributed by atoms with Crippen LogP contribution in [-0.4, -0.2) is 32.1 Å². The van der Waals surface area contributed by atoms with Crippen LogP contribution in [0.3, 0.4) is 0 Å². The van der Waals surface area contributed by atoms with Crippen LogP contribution in [-0.2, 0) is 11.3 Å². The summed E-state index contributed by atoms with van der Waals surface area (Å²) in [5.41, 5.74) is 8.56. The first-order chi connectivity index (χ1) is 8.76. The van der Waals surface area contributed by atoms with Crippen molar-refractivity contribution < 1.29 is 4.74 Å². The van der Waals surface area contributed by atoms with E-state index in [9.17, 15) is 0 Å². The second-order valence-electron chi connectivity index (χ2n) is 5.24. The van der Waals surface area contributed by atoms with Crippen LogP contribution in [0.15, 0.2) is 24.3 Å². The second-order valence-corrected chi connectivity index (χ2v) is 5.24. The first-order valence-corrected chi connectivity index (χ1v) is 6.74. The number of benzene rings is 1. The second kappa shape index (κ2) is 6.32. The number of methoxy groups -OCH3 is 1. The molecule has 0 radical (unpaired) electrons. The van der Waals surface area contributed by atoms with E-state index in [0.29, 0.717) is 18.6 Å². The SMILES string of the molecule is COCc1cccc(C2C(CN)CCCN2C)c1. The van der Waals surface area contributed by atoms with E-state index in [-0.39, 0.29) is 0 Å². The summed E-state index contributed by atoms with van der Waals surface area (Å²) in [7, 11) is 3.94. The van der Waals surface area contributed by atoms with Gasteiger partial charge in [-0.05, 0) is 50.0 Å². The molecule has 1 saturated heterocycles. The zero-order valence-electron chi connectivity index (χ0n) is 11.4. The molecule has 3 heteroatoms. The van der Waals surface area contributed by atoms with Crippen molar-refractivity contribution in [3.05, 3.63) is 35.4 Å². The Labute approximate surface area is 110 Å². The molecule has 1 aliphatic heterocycles. The fourth-order valence-corrected chi connectivity index (χ4v) is 3.07. The van der Waals surface area contributed by atoms with Gasteiger partial charge < -0.3 is 10.5 Å². The van der Waals surface area contributed by atoms with Crippen LogP contribution in [0.2, 0.25) is 0 Å². The fraction of sp³-hybridized carbons (Fsp3) is 0.600. The molecule has 1 heterocycles. The van der Waals surface area contributed by atoms with Gasteiger partial charge in [0.15, 0.2) is 0 Å². The lowest BCUT2D eigenvalue weighted by atomic mass is 9.84. The maximum atomic E-state index is 5.94. The average Bonchev–Trinajstić information content (AvgIpc) is 2.39. The Morgan fingerprint density at radius 3 is 3.00 bits per heavy atom. The number of ether oxygens (including phenoxy) is 1. The highest BCUT2D eigenvalue weighted by atomic mass is 16.5. The summed E-state index contributed by atoms with van der Waals surface area (Å²) < 4.78 is 5.21. The smallest absolute Gasteiger partial charge is 0.0713 e. The van der Waals surface area contributed by atoms with Crippen molar-refractivity contribution in [3.8, 4) is 0 Å². The van der Waals surface area contributed by atoms with Crippen molar-refractivity contribution in [1.29, 1.82) is 0 Å². The molecule has 2 atom stereocenters. The number of likely N-dealkylation sites (tertiary alicyclic amines) is 1. The lowest BCUT2D eigenvalue weighted by Gasteiger charge is -2.39. The van der Waals surface area contributed by atoms with Gasteiger partial charge in [-0.15, -0.1) is 0 Å². The van der Waals surface area contributed by atoms with Gasteiger partial charge in [-0.1, -0.05) is 24.3 Å². The average molecular weight is 248 g/mol. The highest BCUT2D eigenvalue weighted by molar-refractivity contribution is 5.26. The molecular formula is C15H24N2O. The predicted octanol–water partition coefficient (Wildman–Crippen LogP) is 2.17. The molecule has 1 aromatic carbocycles. The largest absolute Gasteiger partial charge is 0.380 e. The maximum Gasteiger partial charge on any atom is 0.0713 e. The van der Waals surface area contributed by atoms with Crippen LogP contribution in [0.5, 0.6) is 0 Å². The number of hydrogen-bond acceptors (Lipinski definition) is 3. The quantitative estimate of drug-likeness (QED) is 0.887. The monoisotopic (exact) mass is 248 g/mol. The molecule has 100 valence electrons. The Morgan fingerprint density at radius 2 is 2.28 bits per heavy atom. The zero-order chi connectivity index (χ0) is 13.0. The van der Waals surface area contributed by atoms with Gasteiger partial charge in [-0.25, -0.2) is 0 Å². The van der Waals surface area contributed by atoms with Gasteiger partial charge in [0, 0.05) is 13.2 Å². The molecule has 0 aliphatic carbocycles. The lowest BCUT2D eigenvalue weighted by molar-refractivity contribution is 0.125. The van der Waals surface area contributed by atoms with E-state index in [4.69, 9.17) is 10.5 Å². The summed E-state index contributed by atoms with van der Waals surface area (Å²) in [6.45, 7) is 2.61. The molecule has 1 fully saturated rings. The molecule has 0 bridgehead atoms. The third kappa shape index (κ3) is 2.91. The fourth-order valence-electron chi connectivity index (χ4n) is 3.07. The number of rotatable bonds is 4. The number of hydrogen-bond donors (Lipinski definition) is 1. The van der Waals surface area contributed by atoms with Crippen molar-refractivity contribution in [2.75, 3.05) is 27.2 Å². The molecule has 1 aliphatic rings. The number of nitrogens with zero attached hydrogens (tertiary/aromatic N) is 1. The summed E-state index contributed by atoms with van der Waals surface area (Å²) in [5.74, 6) is 0.571. The van der Waals surface area contributed by atoms with E-state index < -0.39 is 0 Å². The van der Waals surface area contributed by atoms with E-state index in [1.54, 1.807) is 7.11 Å². The van der Waals surface area contributed by atoms with Crippen LogP contribution in [0, 0.1) is 5.92 Å². The molecule has 18 heavy (non-hydrogen) atoms. The van der Waals surface area contributed by atoms with E-state index in [0.717, 1.165) is 13.1 Å². The standard InChI is InChI=1S/C15H24N2O/c1-17-8-4-7-14(10-16)15(17)13-6-3-5-12(9-13)11-18-2/h3,5-6,9,14-15H,4,7-8,10-11,16H2,1-2H3. The van der Waals surface area contributed by atoms with Gasteiger partial charge in [-0.3, -0.25) is 4.90 Å². The van der Waals surface area contributed by atoms with Crippen LogP contribution in [0.4, 0.5) is 0 Å². The molecule has 0 spiro atoms. The van der Waals surface area contributed by atoms with Crippen LogP contribution >= 0.6 is 0 Å². The van der Waals surface area contributed by atoms with E-state index in [2.05, 4.69) is 36.2 Å². The van der Waals surface area contributed by atoms with Gasteiger partial charge in [-0.2, -0.15) is 0 Å². The molecule has 1 aromatic rings. The summed E-state index contributed by atoms with van der Waals surface area (Å²) in [4.78, 5) is 2.44. The normalized spacial score (nSPS) is 25.3. The minimum absolute atomic E-state index is 0.459. The highest BCUT2D eigenvalue weighted by Gasteiger charge is 2.29. The van der Waals surface area contributed by atoms with Crippen molar-refractivity contribution in [2.45, 2.75) is 25.5 Å². The van der Waals surface area contributed by atoms with Gasteiger partial charge >= 0.3 is 0 Å². The molecule has 0 saturated carbocycles. The van der Waals surface area contributed by atoms with E-state index in [1.165, 1.54) is 24.0 Å². The van der Waals surface area contributed by atoms with Gasteiger partial charge in [0.1, 0.15) is 0 Å².